The maximum atomic E-state index is 11.8. The molecule has 4 heteroatoms. The number of aryl methyl sites for hydroxylation is 1. The van der Waals surface area contributed by atoms with E-state index in [4.69, 9.17) is 5.73 Å². The van der Waals surface area contributed by atoms with E-state index < -0.39 is 11.6 Å². The van der Waals surface area contributed by atoms with E-state index in [1.165, 1.54) is 5.56 Å². The number of amides is 1. The summed E-state index contributed by atoms with van der Waals surface area (Å²) in [6.45, 7) is 3.81. The molecule has 0 aliphatic heterocycles. The maximum Gasteiger partial charge on any atom is 0.237 e. The SMILES string of the molecule is CCC(C)(O)CNC(=O)[C@@H](N)CCc1ccccc1. The van der Waals surface area contributed by atoms with Crippen molar-refractivity contribution in [3.63, 3.8) is 0 Å². The predicted molar refractivity (Wildman–Crippen MR) is 76.7 cm³/mol. The van der Waals surface area contributed by atoms with Crippen LogP contribution in [-0.2, 0) is 11.2 Å². The van der Waals surface area contributed by atoms with Gasteiger partial charge < -0.3 is 16.2 Å². The highest BCUT2D eigenvalue weighted by Crippen LogP contribution is 2.07. The Morgan fingerprint density at radius 2 is 2.05 bits per heavy atom. The van der Waals surface area contributed by atoms with Crippen molar-refractivity contribution in [2.75, 3.05) is 6.54 Å². The maximum absolute atomic E-state index is 11.8. The van der Waals surface area contributed by atoms with Gasteiger partial charge in [-0.3, -0.25) is 4.79 Å². The summed E-state index contributed by atoms with van der Waals surface area (Å²) in [4.78, 5) is 11.8. The first-order chi connectivity index (χ1) is 8.94. The van der Waals surface area contributed by atoms with Gasteiger partial charge in [-0.25, -0.2) is 0 Å². The molecule has 1 amide bonds. The second kappa shape index (κ2) is 7.26. The van der Waals surface area contributed by atoms with E-state index in [9.17, 15) is 9.90 Å². The molecule has 1 unspecified atom stereocenters. The first kappa shape index (κ1) is 15.7. The monoisotopic (exact) mass is 264 g/mol. The standard InChI is InChI=1S/C15H24N2O2/c1-3-15(2,19)11-17-14(18)13(16)10-9-12-7-5-4-6-8-12/h4-8,13,19H,3,9-11,16H2,1-2H3,(H,17,18)/t13-,15?/m0/s1. The topological polar surface area (TPSA) is 75.3 Å². The number of rotatable bonds is 7. The summed E-state index contributed by atoms with van der Waals surface area (Å²) >= 11 is 0. The molecule has 0 aliphatic carbocycles. The molecule has 1 aromatic rings. The number of nitrogens with two attached hydrogens (primary N) is 1. The van der Waals surface area contributed by atoms with Crippen molar-refractivity contribution in [2.45, 2.75) is 44.8 Å². The number of aliphatic hydroxyl groups is 1. The van der Waals surface area contributed by atoms with Crippen LogP contribution in [-0.4, -0.2) is 29.2 Å². The van der Waals surface area contributed by atoms with Crippen LogP contribution in [0.2, 0.25) is 0 Å². The van der Waals surface area contributed by atoms with Gasteiger partial charge in [0.15, 0.2) is 0 Å². The molecule has 0 aromatic heterocycles. The lowest BCUT2D eigenvalue weighted by molar-refractivity contribution is -0.123. The Bertz CT molecular complexity index is 390. The quantitative estimate of drug-likeness (QED) is 0.693. The Balaban J connectivity index is 2.33. The van der Waals surface area contributed by atoms with Crippen LogP contribution in [0.5, 0.6) is 0 Å². The molecule has 19 heavy (non-hydrogen) atoms. The minimum Gasteiger partial charge on any atom is -0.388 e. The lowest BCUT2D eigenvalue weighted by Crippen LogP contribution is -2.47. The summed E-state index contributed by atoms with van der Waals surface area (Å²) in [5.74, 6) is -0.204. The third-order valence-corrected chi connectivity index (χ3v) is 3.33. The zero-order valence-electron chi connectivity index (χ0n) is 11.7. The molecule has 0 heterocycles. The number of hydrogen-bond donors (Lipinski definition) is 3. The van der Waals surface area contributed by atoms with E-state index in [-0.39, 0.29) is 12.5 Å². The third kappa shape index (κ3) is 5.85. The highest BCUT2D eigenvalue weighted by atomic mass is 16.3. The first-order valence-corrected chi connectivity index (χ1v) is 6.74. The molecule has 4 nitrogen and oxygen atoms in total. The number of benzene rings is 1. The van der Waals surface area contributed by atoms with E-state index >= 15 is 0 Å². The molecule has 0 radical (unpaired) electrons. The number of hydrogen-bond acceptors (Lipinski definition) is 3. The van der Waals surface area contributed by atoms with Crippen LogP contribution in [0.1, 0.15) is 32.3 Å². The summed E-state index contributed by atoms with van der Waals surface area (Å²) in [7, 11) is 0. The molecule has 1 rings (SSSR count). The van der Waals surface area contributed by atoms with Crippen molar-refractivity contribution in [3.8, 4) is 0 Å². The highest BCUT2D eigenvalue weighted by Gasteiger charge is 2.20. The Morgan fingerprint density at radius 3 is 2.63 bits per heavy atom. The van der Waals surface area contributed by atoms with Crippen LogP contribution in [0, 0.1) is 0 Å². The molecule has 0 bridgehead atoms. The summed E-state index contributed by atoms with van der Waals surface area (Å²) in [5, 5.41) is 12.5. The lowest BCUT2D eigenvalue weighted by Gasteiger charge is -2.22. The zero-order chi connectivity index (χ0) is 14.3. The molecule has 0 fully saturated rings. The molecule has 1 aromatic carbocycles. The second-order valence-corrected chi connectivity index (χ2v) is 5.20. The summed E-state index contributed by atoms with van der Waals surface area (Å²) in [5.41, 5.74) is 6.15. The molecule has 0 aliphatic rings. The number of carbonyl (C=O) groups is 1. The fraction of sp³-hybridized carbons (Fsp3) is 0.533. The molecule has 0 saturated heterocycles. The molecule has 4 N–H and O–H groups in total. The van der Waals surface area contributed by atoms with Gasteiger partial charge in [0, 0.05) is 6.54 Å². The smallest absolute Gasteiger partial charge is 0.237 e. The van der Waals surface area contributed by atoms with E-state index in [2.05, 4.69) is 5.32 Å². The normalized spacial score (nSPS) is 15.6. The lowest BCUT2D eigenvalue weighted by atomic mass is 10.0. The van der Waals surface area contributed by atoms with Crippen LogP contribution in [0.25, 0.3) is 0 Å². The van der Waals surface area contributed by atoms with E-state index in [0.717, 1.165) is 6.42 Å². The highest BCUT2D eigenvalue weighted by molar-refractivity contribution is 5.81. The van der Waals surface area contributed by atoms with Crippen LogP contribution < -0.4 is 11.1 Å². The molecular formula is C15H24N2O2. The van der Waals surface area contributed by atoms with Crippen LogP contribution in [0.15, 0.2) is 30.3 Å². The van der Waals surface area contributed by atoms with Gasteiger partial charge in [-0.15, -0.1) is 0 Å². The number of carbonyl (C=O) groups excluding carboxylic acids is 1. The average molecular weight is 264 g/mol. The van der Waals surface area contributed by atoms with Gasteiger partial charge in [0.25, 0.3) is 0 Å². The Morgan fingerprint density at radius 1 is 1.42 bits per heavy atom. The molecule has 106 valence electrons. The summed E-state index contributed by atoms with van der Waals surface area (Å²) in [6.07, 6.45) is 1.97. The minimum atomic E-state index is -0.866. The second-order valence-electron chi connectivity index (χ2n) is 5.20. The van der Waals surface area contributed by atoms with Gasteiger partial charge in [0.05, 0.1) is 11.6 Å². The molecule has 0 saturated carbocycles. The van der Waals surface area contributed by atoms with Gasteiger partial charge in [-0.2, -0.15) is 0 Å². The van der Waals surface area contributed by atoms with Crippen molar-refractivity contribution in [1.29, 1.82) is 0 Å². The average Bonchev–Trinajstić information content (AvgIpc) is 2.43. The fourth-order valence-corrected chi connectivity index (χ4v) is 1.63. The Hall–Kier alpha value is -1.39. The Kier molecular flexibility index (Phi) is 5.99. The summed E-state index contributed by atoms with van der Waals surface area (Å²) < 4.78 is 0. The van der Waals surface area contributed by atoms with Gasteiger partial charge in [0.2, 0.25) is 5.91 Å². The van der Waals surface area contributed by atoms with Gasteiger partial charge in [-0.1, -0.05) is 37.3 Å². The molecule has 2 atom stereocenters. The Labute approximate surface area is 115 Å². The zero-order valence-corrected chi connectivity index (χ0v) is 11.7. The van der Waals surface area contributed by atoms with E-state index in [1.807, 2.05) is 37.3 Å². The van der Waals surface area contributed by atoms with Crippen molar-refractivity contribution < 1.29 is 9.90 Å². The number of nitrogens with one attached hydrogen (secondary N) is 1. The van der Waals surface area contributed by atoms with Crippen molar-refractivity contribution >= 4 is 5.91 Å². The minimum absolute atomic E-state index is 0.204. The predicted octanol–water partition coefficient (Wildman–Crippen LogP) is 1.22. The van der Waals surface area contributed by atoms with Crippen LogP contribution >= 0.6 is 0 Å². The summed E-state index contributed by atoms with van der Waals surface area (Å²) in [6, 6.07) is 9.41. The van der Waals surface area contributed by atoms with Crippen LogP contribution in [0.4, 0.5) is 0 Å². The van der Waals surface area contributed by atoms with E-state index in [1.54, 1.807) is 6.92 Å². The fourth-order valence-electron chi connectivity index (χ4n) is 1.63. The molecular weight excluding hydrogens is 240 g/mol. The first-order valence-electron chi connectivity index (χ1n) is 6.74. The van der Waals surface area contributed by atoms with Gasteiger partial charge in [-0.05, 0) is 31.7 Å². The molecule has 0 spiro atoms. The third-order valence-electron chi connectivity index (χ3n) is 3.33. The van der Waals surface area contributed by atoms with Crippen molar-refractivity contribution in [3.05, 3.63) is 35.9 Å². The van der Waals surface area contributed by atoms with Crippen molar-refractivity contribution in [2.24, 2.45) is 5.73 Å². The van der Waals surface area contributed by atoms with Gasteiger partial charge in [0.1, 0.15) is 0 Å². The van der Waals surface area contributed by atoms with Crippen molar-refractivity contribution in [1.82, 2.24) is 5.32 Å². The van der Waals surface area contributed by atoms with Crippen LogP contribution in [0.3, 0.4) is 0 Å². The van der Waals surface area contributed by atoms with Gasteiger partial charge >= 0.3 is 0 Å². The largest absolute Gasteiger partial charge is 0.388 e. The van der Waals surface area contributed by atoms with E-state index in [0.29, 0.717) is 12.8 Å².